The molecule has 3 rings (SSSR count). The van der Waals surface area contributed by atoms with Crippen LogP contribution in [0, 0.1) is 0 Å². The highest BCUT2D eigenvalue weighted by Gasteiger charge is 2.19. The molecule has 5 nitrogen and oxygen atoms in total. The van der Waals surface area contributed by atoms with E-state index in [2.05, 4.69) is 22.0 Å². The van der Waals surface area contributed by atoms with Gasteiger partial charge in [-0.05, 0) is 63.1 Å². The first-order valence-corrected chi connectivity index (χ1v) is 9.09. The Balaban J connectivity index is 1.59. The van der Waals surface area contributed by atoms with Crippen molar-refractivity contribution in [2.45, 2.75) is 32.2 Å². The van der Waals surface area contributed by atoms with Gasteiger partial charge in [-0.1, -0.05) is 11.6 Å². The van der Waals surface area contributed by atoms with E-state index in [4.69, 9.17) is 21.1 Å². The van der Waals surface area contributed by atoms with Gasteiger partial charge in [0, 0.05) is 18.2 Å². The molecule has 0 amide bonds. The highest BCUT2D eigenvalue weighted by atomic mass is 35.5. The van der Waals surface area contributed by atoms with Gasteiger partial charge in [0.25, 0.3) is 0 Å². The summed E-state index contributed by atoms with van der Waals surface area (Å²) in [5.74, 6) is 1.45. The van der Waals surface area contributed by atoms with Gasteiger partial charge in [0.1, 0.15) is 0 Å². The van der Waals surface area contributed by atoms with Crippen LogP contribution in [0.1, 0.15) is 26.2 Å². The minimum Gasteiger partial charge on any atom is -0.493 e. The molecule has 1 aromatic heterocycles. The van der Waals surface area contributed by atoms with Crippen LogP contribution in [0.3, 0.4) is 0 Å². The minimum atomic E-state index is 0.378. The summed E-state index contributed by atoms with van der Waals surface area (Å²) in [4.78, 5) is 2.53. The molecular weight excluding hydrogens is 338 g/mol. The van der Waals surface area contributed by atoms with Gasteiger partial charge in [0.05, 0.1) is 19.4 Å². The SMILES string of the molecule is COc1cc(-c2ccc(Cl)nn2)ccc1OCCCN1CCCC1C. The predicted molar refractivity (Wildman–Crippen MR) is 99.4 cm³/mol. The summed E-state index contributed by atoms with van der Waals surface area (Å²) in [5.41, 5.74) is 1.66. The number of likely N-dealkylation sites (tertiary alicyclic amines) is 1. The van der Waals surface area contributed by atoms with Gasteiger partial charge < -0.3 is 14.4 Å². The van der Waals surface area contributed by atoms with Gasteiger partial charge in [0.2, 0.25) is 0 Å². The number of benzene rings is 1. The van der Waals surface area contributed by atoms with Crippen LogP contribution in [-0.4, -0.2) is 47.9 Å². The van der Waals surface area contributed by atoms with Crippen molar-refractivity contribution >= 4 is 11.6 Å². The van der Waals surface area contributed by atoms with Crippen LogP contribution in [0.2, 0.25) is 5.15 Å². The van der Waals surface area contributed by atoms with Gasteiger partial charge in [0.15, 0.2) is 16.7 Å². The van der Waals surface area contributed by atoms with Crippen molar-refractivity contribution in [2.75, 3.05) is 26.8 Å². The standard InChI is InChI=1S/C19H24ClN3O2/c1-14-5-3-10-23(14)11-4-12-25-17-8-6-15(13-18(17)24-2)16-7-9-19(20)22-21-16/h6-9,13-14H,3-5,10-12H2,1-2H3. The lowest BCUT2D eigenvalue weighted by Gasteiger charge is -2.20. The van der Waals surface area contributed by atoms with Crippen LogP contribution < -0.4 is 9.47 Å². The summed E-state index contributed by atoms with van der Waals surface area (Å²) in [7, 11) is 1.64. The third kappa shape index (κ3) is 4.61. The van der Waals surface area contributed by atoms with Crippen LogP contribution in [0.25, 0.3) is 11.3 Å². The van der Waals surface area contributed by atoms with Crippen LogP contribution in [-0.2, 0) is 0 Å². The average molecular weight is 362 g/mol. The first-order chi connectivity index (χ1) is 12.2. The largest absolute Gasteiger partial charge is 0.493 e. The fourth-order valence-electron chi connectivity index (χ4n) is 3.19. The number of nitrogens with zero attached hydrogens (tertiary/aromatic N) is 3. The minimum absolute atomic E-state index is 0.378. The zero-order valence-electron chi connectivity index (χ0n) is 14.7. The Morgan fingerprint density at radius 2 is 2.08 bits per heavy atom. The molecule has 25 heavy (non-hydrogen) atoms. The van der Waals surface area contributed by atoms with Crippen molar-refractivity contribution < 1.29 is 9.47 Å². The summed E-state index contributed by atoms with van der Waals surface area (Å²) in [6.45, 7) is 5.28. The Morgan fingerprint density at radius 3 is 2.76 bits per heavy atom. The molecule has 0 N–H and O–H groups in total. The number of methoxy groups -OCH3 is 1. The molecule has 1 saturated heterocycles. The zero-order valence-corrected chi connectivity index (χ0v) is 15.5. The van der Waals surface area contributed by atoms with E-state index < -0.39 is 0 Å². The quantitative estimate of drug-likeness (QED) is 0.696. The first-order valence-electron chi connectivity index (χ1n) is 8.72. The second-order valence-electron chi connectivity index (χ2n) is 6.34. The fraction of sp³-hybridized carbons (Fsp3) is 0.474. The Bertz CT molecular complexity index is 694. The van der Waals surface area contributed by atoms with Gasteiger partial charge in [-0.3, -0.25) is 0 Å². The van der Waals surface area contributed by atoms with E-state index in [1.54, 1.807) is 13.2 Å². The van der Waals surface area contributed by atoms with E-state index in [1.807, 2.05) is 24.3 Å². The number of rotatable bonds is 7. The van der Waals surface area contributed by atoms with E-state index in [0.29, 0.717) is 23.6 Å². The Hall–Kier alpha value is -1.85. The molecule has 1 aliphatic heterocycles. The monoisotopic (exact) mass is 361 g/mol. The summed E-state index contributed by atoms with van der Waals surface area (Å²) in [5, 5.41) is 8.35. The molecule has 0 radical (unpaired) electrons. The number of hydrogen-bond donors (Lipinski definition) is 0. The van der Waals surface area contributed by atoms with Crippen LogP contribution in [0.5, 0.6) is 11.5 Å². The molecule has 1 fully saturated rings. The highest BCUT2D eigenvalue weighted by Crippen LogP contribution is 2.32. The third-order valence-corrected chi connectivity index (χ3v) is 4.83. The van der Waals surface area contributed by atoms with E-state index in [-0.39, 0.29) is 0 Å². The van der Waals surface area contributed by atoms with Gasteiger partial charge >= 0.3 is 0 Å². The van der Waals surface area contributed by atoms with Gasteiger partial charge in [-0.2, -0.15) is 0 Å². The molecule has 1 atom stereocenters. The molecule has 0 aliphatic carbocycles. The predicted octanol–water partition coefficient (Wildman–Crippen LogP) is 4.06. The molecule has 1 aromatic carbocycles. The zero-order chi connectivity index (χ0) is 17.6. The maximum absolute atomic E-state index is 5.92. The topological polar surface area (TPSA) is 47.5 Å². The van der Waals surface area contributed by atoms with E-state index >= 15 is 0 Å². The normalized spacial score (nSPS) is 17.6. The van der Waals surface area contributed by atoms with E-state index in [9.17, 15) is 0 Å². The molecule has 1 unspecified atom stereocenters. The van der Waals surface area contributed by atoms with Gasteiger partial charge in [-0.25, -0.2) is 0 Å². The number of ether oxygens (including phenoxy) is 2. The summed E-state index contributed by atoms with van der Waals surface area (Å²) in [6.07, 6.45) is 3.63. The van der Waals surface area contributed by atoms with E-state index in [1.165, 1.54) is 19.4 Å². The van der Waals surface area contributed by atoms with Crippen molar-refractivity contribution in [1.82, 2.24) is 15.1 Å². The van der Waals surface area contributed by atoms with Crippen LogP contribution in [0.4, 0.5) is 0 Å². The molecule has 0 bridgehead atoms. The highest BCUT2D eigenvalue weighted by molar-refractivity contribution is 6.29. The summed E-state index contributed by atoms with van der Waals surface area (Å²) >= 11 is 5.79. The summed E-state index contributed by atoms with van der Waals surface area (Å²) < 4.78 is 11.4. The molecule has 134 valence electrons. The molecule has 0 spiro atoms. The van der Waals surface area contributed by atoms with Gasteiger partial charge in [-0.15, -0.1) is 10.2 Å². The molecule has 2 heterocycles. The lowest BCUT2D eigenvalue weighted by molar-refractivity contribution is 0.226. The van der Waals surface area contributed by atoms with Crippen molar-refractivity contribution in [3.05, 3.63) is 35.5 Å². The Morgan fingerprint density at radius 1 is 1.20 bits per heavy atom. The van der Waals surface area contributed by atoms with Crippen LogP contribution >= 0.6 is 11.6 Å². The fourth-order valence-corrected chi connectivity index (χ4v) is 3.29. The molecule has 2 aromatic rings. The smallest absolute Gasteiger partial charge is 0.161 e. The van der Waals surface area contributed by atoms with Crippen molar-refractivity contribution in [3.63, 3.8) is 0 Å². The average Bonchev–Trinajstić information content (AvgIpc) is 3.04. The van der Waals surface area contributed by atoms with Crippen molar-refractivity contribution in [1.29, 1.82) is 0 Å². The van der Waals surface area contributed by atoms with Crippen molar-refractivity contribution in [2.24, 2.45) is 0 Å². The lowest BCUT2D eigenvalue weighted by Crippen LogP contribution is -2.28. The molecule has 6 heteroatoms. The van der Waals surface area contributed by atoms with E-state index in [0.717, 1.165) is 30.0 Å². The van der Waals surface area contributed by atoms with Crippen molar-refractivity contribution in [3.8, 4) is 22.8 Å². The number of aromatic nitrogens is 2. The first kappa shape index (κ1) is 18.0. The lowest BCUT2D eigenvalue weighted by atomic mass is 10.1. The Kier molecular flexibility index (Phi) is 6.10. The molecule has 0 saturated carbocycles. The maximum Gasteiger partial charge on any atom is 0.161 e. The second kappa shape index (κ2) is 8.50. The Labute approximate surface area is 153 Å². The number of halogens is 1. The second-order valence-corrected chi connectivity index (χ2v) is 6.72. The summed E-state index contributed by atoms with van der Waals surface area (Å²) in [6, 6.07) is 10.0. The number of hydrogen-bond acceptors (Lipinski definition) is 5. The molecular formula is C19H24ClN3O2. The maximum atomic E-state index is 5.92. The molecule has 1 aliphatic rings. The van der Waals surface area contributed by atoms with Crippen LogP contribution in [0.15, 0.2) is 30.3 Å². The third-order valence-electron chi connectivity index (χ3n) is 4.63.